The van der Waals surface area contributed by atoms with E-state index in [9.17, 15) is 4.79 Å². The lowest BCUT2D eigenvalue weighted by molar-refractivity contribution is -0.115. The van der Waals surface area contributed by atoms with Crippen molar-refractivity contribution in [3.63, 3.8) is 0 Å². The Morgan fingerprint density at radius 3 is 2.58 bits per heavy atom. The molecule has 5 nitrogen and oxygen atoms in total. The Morgan fingerprint density at radius 2 is 1.95 bits per heavy atom. The fourth-order valence-corrected chi connectivity index (χ4v) is 2.32. The van der Waals surface area contributed by atoms with Gasteiger partial charge >= 0.3 is 0 Å². The Kier molecular flexibility index (Phi) is 4.71. The third-order valence-corrected chi connectivity index (χ3v) is 3.27. The lowest BCUT2D eigenvalue weighted by Gasteiger charge is -2.22. The van der Waals surface area contributed by atoms with Gasteiger partial charge in [-0.05, 0) is 26.7 Å². The van der Waals surface area contributed by atoms with Crippen LogP contribution in [0.4, 0.5) is 11.6 Å². The molecule has 1 aliphatic heterocycles. The van der Waals surface area contributed by atoms with Crippen LogP contribution in [0.2, 0.25) is 0 Å². The van der Waals surface area contributed by atoms with E-state index in [1.165, 1.54) is 25.7 Å². The van der Waals surface area contributed by atoms with Crippen molar-refractivity contribution in [3.8, 4) is 0 Å². The van der Waals surface area contributed by atoms with E-state index in [1.54, 1.807) is 6.92 Å². The van der Waals surface area contributed by atoms with E-state index in [4.69, 9.17) is 0 Å². The summed E-state index contributed by atoms with van der Waals surface area (Å²) in [7, 11) is 0. The monoisotopic (exact) mass is 262 g/mol. The number of hydrogen-bond donors (Lipinski definition) is 1. The van der Waals surface area contributed by atoms with Gasteiger partial charge < -0.3 is 10.2 Å². The van der Waals surface area contributed by atoms with Gasteiger partial charge in [0.1, 0.15) is 23.2 Å². The molecule has 0 aromatic carbocycles. The van der Waals surface area contributed by atoms with Gasteiger partial charge in [0, 0.05) is 19.2 Å². The standard InChI is InChI=1S/C14H22N4O/c1-11(19)10-15-13-9-14(17-12(2)16-13)18-7-5-3-4-6-8-18/h9H,3-8,10H2,1-2H3,(H,15,16,17). The summed E-state index contributed by atoms with van der Waals surface area (Å²) in [5, 5.41) is 3.05. The van der Waals surface area contributed by atoms with E-state index in [-0.39, 0.29) is 5.78 Å². The molecule has 1 aromatic rings. The number of hydrogen-bond acceptors (Lipinski definition) is 5. The summed E-state index contributed by atoms with van der Waals surface area (Å²) < 4.78 is 0. The van der Waals surface area contributed by atoms with Crippen LogP contribution in [0.15, 0.2) is 6.07 Å². The van der Waals surface area contributed by atoms with Crippen LogP contribution in [0.25, 0.3) is 0 Å². The zero-order valence-corrected chi connectivity index (χ0v) is 11.8. The van der Waals surface area contributed by atoms with Crippen molar-refractivity contribution in [3.05, 3.63) is 11.9 Å². The topological polar surface area (TPSA) is 58.1 Å². The highest BCUT2D eigenvalue weighted by molar-refractivity contribution is 5.80. The number of ketones is 1. The minimum absolute atomic E-state index is 0.104. The van der Waals surface area contributed by atoms with Gasteiger partial charge in [0.05, 0.1) is 6.54 Å². The molecule has 5 heteroatoms. The summed E-state index contributed by atoms with van der Waals surface area (Å²) in [6.45, 7) is 5.89. The minimum Gasteiger partial charge on any atom is -0.363 e. The van der Waals surface area contributed by atoms with Gasteiger partial charge in [-0.1, -0.05) is 12.8 Å². The van der Waals surface area contributed by atoms with Crippen molar-refractivity contribution in [1.29, 1.82) is 0 Å². The van der Waals surface area contributed by atoms with Crippen LogP contribution in [0.5, 0.6) is 0 Å². The predicted molar refractivity (Wildman–Crippen MR) is 76.6 cm³/mol. The second-order valence-corrected chi connectivity index (χ2v) is 5.12. The average molecular weight is 262 g/mol. The van der Waals surface area contributed by atoms with E-state index in [0.29, 0.717) is 6.54 Å². The molecule has 1 aliphatic rings. The normalized spacial score (nSPS) is 16.0. The second-order valence-electron chi connectivity index (χ2n) is 5.12. The fourth-order valence-electron chi connectivity index (χ4n) is 2.32. The van der Waals surface area contributed by atoms with E-state index in [0.717, 1.165) is 30.5 Å². The van der Waals surface area contributed by atoms with Gasteiger partial charge in [-0.3, -0.25) is 4.79 Å². The van der Waals surface area contributed by atoms with Gasteiger partial charge in [-0.25, -0.2) is 9.97 Å². The van der Waals surface area contributed by atoms with E-state index >= 15 is 0 Å². The van der Waals surface area contributed by atoms with Crippen LogP contribution in [0.1, 0.15) is 38.4 Å². The van der Waals surface area contributed by atoms with E-state index < -0.39 is 0 Å². The molecule has 19 heavy (non-hydrogen) atoms. The summed E-state index contributed by atoms with van der Waals surface area (Å²) >= 11 is 0. The SMILES string of the molecule is CC(=O)CNc1cc(N2CCCCCC2)nc(C)n1. The van der Waals surface area contributed by atoms with Gasteiger partial charge in [-0.15, -0.1) is 0 Å². The summed E-state index contributed by atoms with van der Waals surface area (Å²) in [6, 6.07) is 1.95. The van der Waals surface area contributed by atoms with Crippen molar-refractivity contribution in [2.24, 2.45) is 0 Å². The maximum Gasteiger partial charge on any atom is 0.148 e. The molecule has 0 aliphatic carbocycles. The van der Waals surface area contributed by atoms with Crippen molar-refractivity contribution in [2.45, 2.75) is 39.5 Å². The first kappa shape index (κ1) is 13.8. The van der Waals surface area contributed by atoms with Crippen LogP contribution in [-0.4, -0.2) is 35.4 Å². The summed E-state index contributed by atoms with van der Waals surface area (Å²) in [6.07, 6.45) is 5.05. The predicted octanol–water partition coefficient (Wildman–Crippen LogP) is 2.17. The van der Waals surface area contributed by atoms with Crippen LogP contribution >= 0.6 is 0 Å². The molecule has 0 spiro atoms. The molecule has 2 heterocycles. The zero-order valence-electron chi connectivity index (χ0n) is 11.8. The average Bonchev–Trinajstić information content (AvgIpc) is 2.64. The van der Waals surface area contributed by atoms with Gasteiger partial charge in [0.15, 0.2) is 0 Å². The molecule has 0 amide bonds. The van der Waals surface area contributed by atoms with E-state index in [2.05, 4.69) is 20.2 Å². The number of nitrogens with one attached hydrogen (secondary N) is 1. The molecule has 0 radical (unpaired) electrons. The Balaban J connectivity index is 2.12. The molecular formula is C14H22N4O. The first-order valence-corrected chi connectivity index (χ1v) is 6.99. The highest BCUT2D eigenvalue weighted by Gasteiger charge is 2.12. The Hall–Kier alpha value is -1.65. The molecule has 1 saturated heterocycles. The molecule has 0 atom stereocenters. The van der Waals surface area contributed by atoms with Crippen LogP contribution in [0.3, 0.4) is 0 Å². The number of aromatic nitrogens is 2. The molecule has 1 fully saturated rings. The van der Waals surface area contributed by atoms with Crippen molar-refractivity contribution in [1.82, 2.24) is 9.97 Å². The Labute approximate surface area is 114 Å². The van der Waals surface area contributed by atoms with Crippen LogP contribution in [0, 0.1) is 6.92 Å². The van der Waals surface area contributed by atoms with Crippen molar-refractivity contribution < 1.29 is 4.79 Å². The second kappa shape index (κ2) is 6.50. The highest BCUT2D eigenvalue weighted by Crippen LogP contribution is 2.20. The summed E-state index contributed by atoms with van der Waals surface area (Å²) in [5.41, 5.74) is 0. The molecule has 1 aromatic heterocycles. The number of anilines is 2. The van der Waals surface area contributed by atoms with Crippen LogP contribution < -0.4 is 10.2 Å². The number of aryl methyl sites for hydroxylation is 1. The Morgan fingerprint density at radius 1 is 1.26 bits per heavy atom. The van der Waals surface area contributed by atoms with Crippen LogP contribution in [-0.2, 0) is 4.79 Å². The zero-order chi connectivity index (χ0) is 13.7. The van der Waals surface area contributed by atoms with Gasteiger partial charge in [0.2, 0.25) is 0 Å². The lowest BCUT2D eigenvalue weighted by Crippen LogP contribution is -2.25. The van der Waals surface area contributed by atoms with Gasteiger partial charge in [-0.2, -0.15) is 0 Å². The summed E-state index contributed by atoms with van der Waals surface area (Å²) in [5.74, 6) is 2.56. The smallest absolute Gasteiger partial charge is 0.148 e. The molecule has 0 bridgehead atoms. The molecule has 2 rings (SSSR count). The largest absolute Gasteiger partial charge is 0.363 e. The third kappa shape index (κ3) is 4.19. The molecule has 0 saturated carbocycles. The number of Topliss-reactive ketones (excluding diaryl/α,β-unsaturated/α-hetero) is 1. The van der Waals surface area contributed by atoms with Crippen molar-refractivity contribution >= 4 is 17.4 Å². The van der Waals surface area contributed by atoms with Gasteiger partial charge in [0.25, 0.3) is 0 Å². The highest BCUT2D eigenvalue weighted by atomic mass is 16.1. The maximum atomic E-state index is 11.0. The minimum atomic E-state index is 0.104. The molecule has 104 valence electrons. The number of nitrogens with zero attached hydrogens (tertiary/aromatic N) is 3. The molecule has 1 N–H and O–H groups in total. The Bertz CT molecular complexity index is 439. The summed E-state index contributed by atoms with van der Waals surface area (Å²) in [4.78, 5) is 22.2. The lowest BCUT2D eigenvalue weighted by atomic mass is 10.2. The number of carbonyl (C=O) groups excluding carboxylic acids is 1. The molecular weight excluding hydrogens is 240 g/mol. The quantitative estimate of drug-likeness (QED) is 0.901. The maximum absolute atomic E-state index is 11.0. The third-order valence-electron chi connectivity index (χ3n) is 3.27. The number of carbonyl (C=O) groups is 1. The first-order valence-electron chi connectivity index (χ1n) is 6.99. The van der Waals surface area contributed by atoms with Crippen molar-refractivity contribution in [2.75, 3.05) is 29.9 Å². The fraction of sp³-hybridized carbons (Fsp3) is 0.643. The van der Waals surface area contributed by atoms with E-state index in [1.807, 2.05) is 13.0 Å². The molecule has 0 unspecified atom stereocenters. The number of rotatable bonds is 4. The first-order chi connectivity index (χ1) is 9.15.